The maximum absolute atomic E-state index is 12.7. The third-order valence-electron chi connectivity index (χ3n) is 2.94. The van der Waals surface area contributed by atoms with E-state index in [-0.39, 0.29) is 5.69 Å². The Morgan fingerprint density at radius 2 is 1.81 bits per heavy atom. The number of aryl methyl sites for hydroxylation is 1. The van der Waals surface area contributed by atoms with E-state index in [1.54, 1.807) is 13.0 Å². The molecule has 0 aromatic heterocycles. The zero-order chi connectivity index (χ0) is 15.6. The number of nitrogens with zero attached hydrogens (tertiary/aromatic N) is 1. The molecule has 2 aromatic carbocycles. The summed E-state index contributed by atoms with van der Waals surface area (Å²) < 4.78 is 38.2. The molecule has 0 saturated carbocycles. The van der Waals surface area contributed by atoms with Gasteiger partial charge in [-0.25, -0.2) is 0 Å². The molecule has 0 aliphatic carbocycles. The van der Waals surface area contributed by atoms with Crippen LogP contribution in [0.25, 0.3) is 0 Å². The summed E-state index contributed by atoms with van der Waals surface area (Å²) in [5.74, 6) is 0. The number of hydrogen-bond donors (Lipinski definition) is 1. The highest BCUT2D eigenvalue weighted by atomic mass is 35.5. The molecule has 0 spiro atoms. The molecule has 0 aliphatic rings. The van der Waals surface area contributed by atoms with E-state index >= 15 is 0 Å². The topological polar surface area (TPSA) is 35.8 Å². The van der Waals surface area contributed by atoms with Gasteiger partial charge in [0, 0.05) is 10.7 Å². The number of anilines is 2. The summed E-state index contributed by atoms with van der Waals surface area (Å²) >= 11 is 5.85. The molecule has 0 aliphatic heterocycles. The Kier molecular flexibility index (Phi) is 4.10. The van der Waals surface area contributed by atoms with Gasteiger partial charge in [-0.05, 0) is 42.8 Å². The number of nitrogens with one attached hydrogen (secondary N) is 1. The number of hydrogen-bond acceptors (Lipinski definition) is 2. The lowest BCUT2D eigenvalue weighted by Crippen LogP contribution is -2.06. The first-order chi connectivity index (χ1) is 9.81. The minimum atomic E-state index is -4.42. The number of benzene rings is 2. The number of rotatable bonds is 2. The van der Waals surface area contributed by atoms with Gasteiger partial charge in [0.15, 0.2) is 0 Å². The second-order valence-corrected chi connectivity index (χ2v) is 4.89. The van der Waals surface area contributed by atoms with Crippen molar-refractivity contribution in [1.82, 2.24) is 0 Å². The molecule has 0 unspecified atom stereocenters. The van der Waals surface area contributed by atoms with E-state index in [9.17, 15) is 13.2 Å². The lowest BCUT2D eigenvalue weighted by molar-refractivity contribution is -0.137. The smallest absolute Gasteiger partial charge is 0.354 e. The fourth-order valence-electron chi connectivity index (χ4n) is 1.80. The maximum atomic E-state index is 12.7. The lowest BCUT2D eigenvalue weighted by Gasteiger charge is -2.14. The first-order valence-electron chi connectivity index (χ1n) is 5.96. The van der Waals surface area contributed by atoms with Crippen LogP contribution in [-0.4, -0.2) is 0 Å². The predicted octanol–water partition coefficient (Wildman–Crippen LogP) is 5.28. The molecule has 0 fully saturated rings. The third-order valence-corrected chi connectivity index (χ3v) is 3.17. The van der Waals surface area contributed by atoms with Gasteiger partial charge in [-0.15, -0.1) is 0 Å². The Morgan fingerprint density at radius 1 is 1.10 bits per heavy atom. The summed E-state index contributed by atoms with van der Waals surface area (Å²) in [5.41, 5.74) is 0.829. The highest BCUT2D eigenvalue weighted by Gasteiger charge is 2.30. The zero-order valence-corrected chi connectivity index (χ0v) is 11.7. The van der Waals surface area contributed by atoms with Crippen LogP contribution in [0, 0.1) is 18.3 Å². The normalized spacial score (nSPS) is 11.0. The van der Waals surface area contributed by atoms with Crippen LogP contribution in [0.4, 0.5) is 24.5 Å². The van der Waals surface area contributed by atoms with E-state index in [2.05, 4.69) is 5.32 Å². The van der Waals surface area contributed by atoms with Crippen molar-refractivity contribution >= 4 is 23.0 Å². The Balaban J connectivity index is 2.45. The number of alkyl halides is 3. The fraction of sp³-hybridized carbons (Fsp3) is 0.133. The van der Waals surface area contributed by atoms with Crippen molar-refractivity contribution in [3.63, 3.8) is 0 Å². The number of halogens is 4. The molecule has 0 saturated heterocycles. The van der Waals surface area contributed by atoms with Crippen LogP contribution in [0.15, 0.2) is 36.4 Å². The molecule has 2 aromatic rings. The molecule has 6 heteroatoms. The Bertz CT molecular complexity index is 718. The van der Waals surface area contributed by atoms with Crippen molar-refractivity contribution in [3.05, 3.63) is 58.1 Å². The van der Waals surface area contributed by atoms with Gasteiger partial charge in [0.1, 0.15) is 6.07 Å². The van der Waals surface area contributed by atoms with E-state index in [0.717, 1.165) is 12.1 Å². The SMILES string of the molecule is Cc1ccc(C(F)(F)F)cc1Nc1cc(Cl)ccc1C#N. The predicted molar refractivity (Wildman–Crippen MR) is 75.6 cm³/mol. The molecular formula is C15H10ClF3N2. The Morgan fingerprint density at radius 3 is 2.43 bits per heavy atom. The summed E-state index contributed by atoms with van der Waals surface area (Å²) in [6.45, 7) is 1.68. The van der Waals surface area contributed by atoms with Crippen LogP contribution in [0.2, 0.25) is 5.02 Å². The van der Waals surface area contributed by atoms with Crippen LogP contribution in [-0.2, 0) is 6.18 Å². The van der Waals surface area contributed by atoms with Crippen LogP contribution in [0.3, 0.4) is 0 Å². The molecule has 108 valence electrons. The second-order valence-electron chi connectivity index (χ2n) is 4.45. The van der Waals surface area contributed by atoms with Gasteiger partial charge in [-0.3, -0.25) is 0 Å². The summed E-state index contributed by atoms with van der Waals surface area (Å²) in [6.07, 6.45) is -4.42. The average molecular weight is 311 g/mol. The maximum Gasteiger partial charge on any atom is 0.416 e. The molecule has 1 N–H and O–H groups in total. The van der Waals surface area contributed by atoms with E-state index in [0.29, 0.717) is 21.8 Å². The van der Waals surface area contributed by atoms with Crippen LogP contribution < -0.4 is 5.32 Å². The van der Waals surface area contributed by atoms with E-state index in [1.807, 2.05) is 6.07 Å². The van der Waals surface area contributed by atoms with Crippen molar-refractivity contribution < 1.29 is 13.2 Å². The van der Waals surface area contributed by atoms with Crippen molar-refractivity contribution in [2.45, 2.75) is 13.1 Å². The molecular weight excluding hydrogens is 301 g/mol. The van der Waals surface area contributed by atoms with Crippen LogP contribution in [0.5, 0.6) is 0 Å². The average Bonchev–Trinajstić information content (AvgIpc) is 2.40. The molecule has 0 heterocycles. The van der Waals surface area contributed by atoms with Crippen LogP contribution >= 0.6 is 11.6 Å². The van der Waals surface area contributed by atoms with Crippen molar-refractivity contribution in [2.75, 3.05) is 5.32 Å². The molecule has 21 heavy (non-hydrogen) atoms. The Hall–Kier alpha value is -2.19. The summed E-state index contributed by atoms with van der Waals surface area (Å²) in [6, 6.07) is 9.92. The second kappa shape index (κ2) is 5.66. The first kappa shape index (κ1) is 15.2. The van der Waals surface area contributed by atoms with E-state index in [1.165, 1.54) is 18.2 Å². The zero-order valence-electron chi connectivity index (χ0n) is 10.9. The molecule has 0 radical (unpaired) electrons. The van der Waals surface area contributed by atoms with E-state index in [4.69, 9.17) is 16.9 Å². The van der Waals surface area contributed by atoms with Gasteiger partial charge in [0.05, 0.1) is 16.8 Å². The summed E-state index contributed by atoms with van der Waals surface area (Å²) in [5, 5.41) is 12.3. The molecule has 2 rings (SSSR count). The van der Waals surface area contributed by atoms with Gasteiger partial charge in [0.25, 0.3) is 0 Å². The van der Waals surface area contributed by atoms with Gasteiger partial charge >= 0.3 is 6.18 Å². The minimum absolute atomic E-state index is 0.281. The quantitative estimate of drug-likeness (QED) is 0.819. The van der Waals surface area contributed by atoms with Crippen molar-refractivity contribution in [3.8, 4) is 6.07 Å². The monoisotopic (exact) mass is 310 g/mol. The minimum Gasteiger partial charge on any atom is -0.354 e. The highest BCUT2D eigenvalue weighted by Crippen LogP contribution is 2.33. The van der Waals surface area contributed by atoms with E-state index < -0.39 is 11.7 Å². The van der Waals surface area contributed by atoms with Gasteiger partial charge in [-0.1, -0.05) is 17.7 Å². The van der Waals surface area contributed by atoms with Gasteiger partial charge in [-0.2, -0.15) is 18.4 Å². The van der Waals surface area contributed by atoms with Crippen molar-refractivity contribution in [1.29, 1.82) is 5.26 Å². The summed E-state index contributed by atoms with van der Waals surface area (Å²) in [7, 11) is 0. The van der Waals surface area contributed by atoms with Gasteiger partial charge < -0.3 is 5.32 Å². The molecule has 0 amide bonds. The fourth-order valence-corrected chi connectivity index (χ4v) is 1.97. The molecule has 2 nitrogen and oxygen atoms in total. The number of nitriles is 1. The standard InChI is InChI=1S/C15H10ClF3N2/c1-9-2-4-11(15(17,18)19)6-13(9)21-14-7-12(16)5-3-10(14)8-20/h2-7,21H,1H3. The highest BCUT2D eigenvalue weighted by molar-refractivity contribution is 6.30. The van der Waals surface area contributed by atoms with Gasteiger partial charge in [0.2, 0.25) is 0 Å². The third kappa shape index (κ3) is 3.47. The largest absolute Gasteiger partial charge is 0.416 e. The summed E-state index contributed by atoms with van der Waals surface area (Å²) in [4.78, 5) is 0. The molecule has 0 bridgehead atoms. The van der Waals surface area contributed by atoms with Crippen LogP contribution in [0.1, 0.15) is 16.7 Å². The lowest BCUT2D eigenvalue weighted by atomic mass is 10.1. The Labute approximate surface area is 124 Å². The van der Waals surface area contributed by atoms with Crippen molar-refractivity contribution in [2.24, 2.45) is 0 Å². The first-order valence-corrected chi connectivity index (χ1v) is 6.33. The molecule has 0 atom stereocenters.